The Balaban J connectivity index is 2.92. The van der Waals surface area contributed by atoms with Crippen molar-refractivity contribution in [3.8, 4) is 5.75 Å². The minimum Gasteiger partial charge on any atom is -0.508 e. The second-order valence-corrected chi connectivity index (χ2v) is 3.27. The summed E-state index contributed by atoms with van der Waals surface area (Å²) in [6.07, 6.45) is 0. The molecule has 3 N–H and O–H groups in total. The molecule has 13 heavy (non-hydrogen) atoms. The van der Waals surface area contributed by atoms with Gasteiger partial charge >= 0.3 is 0 Å². The molecule has 0 fully saturated rings. The van der Waals surface area contributed by atoms with Crippen molar-refractivity contribution in [3.63, 3.8) is 0 Å². The molecular weight excluding hydrogens is 186 g/mol. The summed E-state index contributed by atoms with van der Waals surface area (Å²) in [5, 5.41) is 11.5. The minimum absolute atomic E-state index is 0.196. The van der Waals surface area contributed by atoms with Crippen molar-refractivity contribution < 1.29 is 5.11 Å². The SMILES string of the molecule is Nc1ccc(Cl)c2ccc(O)cc12. The van der Waals surface area contributed by atoms with Crippen LogP contribution in [0.2, 0.25) is 5.02 Å². The third-order valence-electron chi connectivity index (χ3n) is 1.98. The molecule has 0 amide bonds. The van der Waals surface area contributed by atoms with Crippen LogP contribution in [0.25, 0.3) is 10.8 Å². The molecular formula is C10H8ClNO. The Morgan fingerprint density at radius 1 is 1.08 bits per heavy atom. The predicted octanol–water partition coefficient (Wildman–Crippen LogP) is 2.78. The topological polar surface area (TPSA) is 46.2 Å². The van der Waals surface area contributed by atoms with Crippen molar-refractivity contribution in [1.82, 2.24) is 0 Å². The Morgan fingerprint density at radius 2 is 1.85 bits per heavy atom. The van der Waals surface area contributed by atoms with Gasteiger partial charge in [-0.15, -0.1) is 0 Å². The molecule has 0 spiro atoms. The molecule has 66 valence electrons. The fraction of sp³-hybridized carbons (Fsp3) is 0. The molecule has 0 radical (unpaired) electrons. The van der Waals surface area contributed by atoms with Gasteiger partial charge in [0.05, 0.1) is 0 Å². The van der Waals surface area contributed by atoms with Crippen molar-refractivity contribution in [2.75, 3.05) is 5.73 Å². The molecule has 0 aliphatic carbocycles. The lowest BCUT2D eigenvalue weighted by atomic mass is 10.1. The summed E-state index contributed by atoms with van der Waals surface area (Å²) in [4.78, 5) is 0. The fourth-order valence-corrected chi connectivity index (χ4v) is 1.55. The number of phenols is 1. The van der Waals surface area contributed by atoms with Crippen LogP contribution in [0.1, 0.15) is 0 Å². The molecule has 2 rings (SSSR count). The first-order valence-electron chi connectivity index (χ1n) is 3.85. The van der Waals surface area contributed by atoms with E-state index in [1.54, 1.807) is 30.3 Å². The Hall–Kier alpha value is -1.41. The molecule has 0 unspecified atom stereocenters. The molecule has 3 heteroatoms. The minimum atomic E-state index is 0.196. The number of nitrogen functional groups attached to an aromatic ring is 1. The highest BCUT2D eigenvalue weighted by Crippen LogP contribution is 2.30. The molecule has 0 aliphatic heterocycles. The zero-order valence-electron chi connectivity index (χ0n) is 6.79. The highest BCUT2D eigenvalue weighted by atomic mass is 35.5. The number of anilines is 1. The number of fused-ring (bicyclic) bond motifs is 1. The molecule has 0 atom stereocenters. The van der Waals surface area contributed by atoms with Crippen LogP contribution in [0.3, 0.4) is 0 Å². The van der Waals surface area contributed by atoms with Crippen LogP contribution in [-0.4, -0.2) is 5.11 Å². The first-order chi connectivity index (χ1) is 6.18. The van der Waals surface area contributed by atoms with Crippen LogP contribution < -0.4 is 5.73 Å². The van der Waals surface area contributed by atoms with Crippen molar-refractivity contribution >= 4 is 28.1 Å². The Bertz CT molecular complexity index is 468. The van der Waals surface area contributed by atoms with E-state index in [-0.39, 0.29) is 5.75 Å². The lowest BCUT2D eigenvalue weighted by Crippen LogP contribution is -1.86. The number of hydrogen-bond acceptors (Lipinski definition) is 2. The summed E-state index contributed by atoms with van der Waals surface area (Å²) in [5.41, 5.74) is 6.34. The van der Waals surface area contributed by atoms with Gasteiger partial charge < -0.3 is 10.8 Å². The van der Waals surface area contributed by atoms with Gasteiger partial charge in [-0.2, -0.15) is 0 Å². The van der Waals surface area contributed by atoms with E-state index in [0.29, 0.717) is 10.7 Å². The van der Waals surface area contributed by atoms with E-state index in [9.17, 15) is 5.11 Å². The Labute approximate surface area is 80.6 Å². The van der Waals surface area contributed by atoms with Crippen LogP contribution in [0, 0.1) is 0 Å². The maximum absolute atomic E-state index is 9.25. The zero-order chi connectivity index (χ0) is 9.42. The largest absolute Gasteiger partial charge is 0.508 e. The number of rotatable bonds is 0. The maximum Gasteiger partial charge on any atom is 0.116 e. The number of nitrogens with two attached hydrogens (primary N) is 1. The van der Waals surface area contributed by atoms with Gasteiger partial charge in [-0.1, -0.05) is 11.6 Å². The van der Waals surface area contributed by atoms with Crippen molar-refractivity contribution in [2.45, 2.75) is 0 Å². The molecule has 2 nitrogen and oxygen atoms in total. The first kappa shape index (κ1) is 8.20. The van der Waals surface area contributed by atoms with Crippen LogP contribution in [0.15, 0.2) is 30.3 Å². The van der Waals surface area contributed by atoms with Crippen LogP contribution in [-0.2, 0) is 0 Å². The number of benzene rings is 2. The predicted molar refractivity (Wildman–Crippen MR) is 55.0 cm³/mol. The average Bonchev–Trinajstić information content (AvgIpc) is 2.12. The molecule has 0 aromatic heterocycles. The highest BCUT2D eigenvalue weighted by Gasteiger charge is 2.02. The van der Waals surface area contributed by atoms with E-state index in [1.165, 1.54) is 0 Å². The number of aromatic hydroxyl groups is 1. The molecule has 2 aromatic rings. The van der Waals surface area contributed by atoms with E-state index in [0.717, 1.165) is 10.8 Å². The highest BCUT2D eigenvalue weighted by molar-refractivity contribution is 6.36. The van der Waals surface area contributed by atoms with Crippen molar-refractivity contribution in [2.24, 2.45) is 0 Å². The molecule has 0 bridgehead atoms. The van der Waals surface area contributed by atoms with Gasteiger partial charge in [0.2, 0.25) is 0 Å². The average molecular weight is 194 g/mol. The summed E-state index contributed by atoms with van der Waals surface area (Å²) >= 11 is 5.94. The third-order valence-corrected chi connectivity index (χ3v) is 2.31. The lowest BCUT2D eigenvalue weighted by molar-refractivity contribution is 0.476. The smallest absolute Gasteiger partial charge is 0.116 e. The summed E-state index contributed by atoms with van der Waals surface area (Å²) < 4.78 is 0. The monoisotopic (exact) mass is 193 g/mol. The standard InChI is InChI=1S/C10H8ClNO/c11-9-3-4-10(12)8-5-6(13)1-2-7(8)9/h1-5,13H,12H2. The van der Waals surface area contributed by atoms with Crippen LogP contribution >= 0.6 is 11.6 Å². The van der Waals surface area contributed by atoms with Gasteiger partial charge in [0, 0.05) is 21.5 Å². The molecule has 0 heterocycles. The van der Waals surface area contributed by atoms with E-state index >= 15 is 0 Å². The summed E-state index contributed by atoms with van der Waals surface area (Å²) in [5.74, 6) is 0.196. The van der Waals surface area contributed by atoms with Gasteiger partial charge in [-0.05, 0) is 30.3 Å². The van der Waals surface area contributed by atoms with Crippen molar-refractivity contribution in [1.29, 1.82) is 0 Å². The summed E-state index contributed by atoms with van der Waals surface area (Å²) in [6, 6.07) is 8.42. The fourth-order valence-electron chi connectivity index (χ4n) is 1.32. The quantitative estimate of drug-likeness (QED) is 0.632. The van der Waals surface area contributed by atoms with Gasteiger partial charge in [-0.25, -0.2) is 0 Å². The van der Waals surface area contributed by atoms with E-state index in [4.69, 9.17) is 17.3 Å². The molecule has 0 saturated heterocycles. The number of hydrogen-bond donors (Lipinski definition) is 2. The zero-order valence-corrected chi connectivity index (χ0v) is 7.55. The lowest BCUT2D eigenvalue weighted by Gasteiger charge is -2.03. The molecule has 0 saturated carbocycles. The van der Waals surface area contributed by atoms with Gasteiger partial charge in [0.1, 0.15) is 5.75 Å². The number of phenolic OH excluding ortho intramolecular Hbond substituents is 1. The maximum atomic E-state index is 9.25. The van der Waals surface area contributed by atoms with E-state index in [1.807, 2.05) is 0 Å². The first-order valence-corrected chi connectivity index (χ1v) is 4.23. The van der Waals surface area contributed by atoms with Crippen LogP contribution in [0.5, 0.6) is 5.75 Å². The summed E-state index contributed by atoms with van der Waals surface area (Å²) in [6.45, 7) is 0. The molecule has 2 aromatic carbocycles. The van der Waals surface area contributed by atoms with E-state index in [2.05, 4.69) is 0 Å². The van der Waals surface area contributed by atoms with Crippen molar-refractivity contribution in [3.05, 3.63) is 35.4 Å². The van der Waals surface area contributed by atoms with Gasteiger partial charge in [0.25, 0.3) is 0 Å². The van der Waals surface area contributed by atoms with Crippen LogP contribution in [0.4, 0.5) is 5.69 Å². The second-order valence-electron chi connectivity index (χ2n) is 2.87. The van der Waals surface area contributed by atoms with Gasteiger partial charge in [-0.3, -0.25) is 0 Å². The molecule has 0 aliphatic rings. The second kappa shape index (κ2) is 2.82. The number of halogens is 1. The Morgan fingerprint density at radius 3 is 2.62 bits per heavy atom. The normalized spacial score (nSPS) is 10.5. The van der Waals surface area contributed by atoms with E-state index < -0.39 is 0 Å². The third kappa shape index (κ3) is 1.29. The van der Waals surface area contributed by atoms with Gasteiger partial charge in [0.15, 0.2) is 0 Å². The Kier molecular flexibility index (Phi) is 1.78. The summed E-state index contributed by atoms with van der Waals surface area (Å²) in [7, 11) is 0.